The Labute approximate surface area is 125 Å². The van der Waals surface area contributed by atoms with Crippen LogP contribution in [0.1, 0.15) is 17.3 Å². The van der Waals surface area contributed by atoms with Gasteiger partial charge in [0.1, 0.15) is 11.4 Å². The highest BCUT2D eigenvalue weighted by Gasteiger charge is 2.21. The number of benzene rings is 1. The second kappa shape index (κ2) is 6.34. The Balaban J connectivity index is 2.53. The van der Waals surface area contributed by atoms with E-state index in [0.717, 1.165) is 10.0 Å². The summed E-state index contributed by atoms with van der Waals surface area (Å²) in [5, 5.41) is 0.596. The second-order valence-electron chi connectivity index (χ2n) is 3.83. The summed E-state index contributed by atoms with van der Waals surface area (Å²) in [5.41, 5.74) is 4.25. The van der Waals surface area contributed by atoms with E-state index in [2.05, 4.69) is 26.3 Å². The number of nitrogens with two attached hydrogens (primary N) is 1. The number of methoxy groups -OCH3 is 1. The third-order valence-corrected chi connectivity index (χ3v) is 4.06. The molecule has 100 valence electrons. The first-order valence-electron chi connectivity index (χ1n) is 5.58. The van der Waals surface area contributed by atoms with E-state index in [0.29, 0.717) is 16.5 Å². The molecule has 1 aromatic heterocycles. The first-order chi connectivity index (χ1) is 9.19. The van der Waals surface area contributed by atoms with Crippen LogP contribution in [0.2, 0.25) is 5.02 Å². The largest absolute Gasteiger partial charge is 0.495 e. The highest BCUT2D eigenvalue weighted by Crippen LogP contribution is 2.35. The number of pyridine rings is 1. The normalized spacial score (nSPS) is 12.2. The zero-order valence-electron chi connectivity index (χ0n) is 10.2. The third kappa shape index (κ3) is 2.90. The highest BCUT2D eigenvalue weighted by molar-refractivity contribution is 9.10. The molecule has 2 aromatic rings. The number of halogens is 2. The number of aromatic nitrogens is 1. The topological polar surface area (TPSA) is 60.2 Å². The summed E-state index contributed by atoms with van der Waals surface area (Å²) in [4.78, 5) is 4.33. The average Bonchev–Trinajstić information content (AvgIpc) is 2.45. The number of nitrogens with one attached hydrogen (secondary N) is 1. The van der Waals surface area contributed by atoms with Crippen molar-refractivity contribution < 1.29 is 4.74 Å². The number of hydrogen-bond donors (Lipinski definition) is 2. The van der Waals surface area contributed by atoms with Crippen LogP contribution in [0.5, 0.6) is 5.75 Å². The van der Waals surface area contributed by atoms with Gasteiger partial charge in [-0.25, -0.2) is 5.43 Å². The number of ether oxygens (including phenoxy) is 1. The van der Waals surface area contributed by atoms with E-state index in [9.17, 15) is 0 Å². The Morgan fingerprint density at radius 3 is 2.84 bits per heavy atom. The van der Waals surface area contributed by atoms with Crippen LogP contribution in [0, 0.1) is 0 Å². The Kier molecular flexibility index (Phi) is 4.76. The molecule has 3 N–H and O–H groups in total. The van der Waals surface area contributed by atoms with E-state index in [1.807, 2.05) is 24.3 Å². The van der Waals surface area contributed by atoms with Crippen molar-refractivity contribution in [3.63, 3.8) is 0 Å². The van der Waals surface area contributed by atoms with Crippen LogP contribution in [-0.4, -0.2) is 12.1 Å². The molecular formula is C13H13BrClN3O. The summed E-state index contributed by atoms with van der Waals surface area (Å²) in [6.45, 7) is 0. The van der Waals surface area contributed by atoms with Gasteiger partial charge in [-0.15, -0.1) is 0 Å². The zero-order chi connectivity index (χ0) is 13.8. The molecule has 0 amide bonds. The molecule has 0 aliphatic rings. The van der Waals surface area contributed by atoms with Crippen molar-refractivity contribution in [1.82, 2.24) is 10.4 Å². The van der Waals surface area contributed by atoms with Gasteiger partial charge in [0.05, 0.1) is 18.2 Å². The predicted octanol–water partition coefficient (Wildman–Crippen LogP) is 3.06. The summed E-state index contributed by atoms with van der Waals surface area (Å²) in [6, 6.07) is 8.95. The second-order valence-corrected chi connectivity index (χ2v) is 5.07. The average molecular weight is 343 g/mol. The maximum absolute atomic E-state index is 6.30. The lowest BCUT2D eigenvalue weighted by Gasteiger charge is -2.19. The summed E-state index contributed by atoms with van der Waals surface area (Å²) >= 11 is 9.70. The van der Waals surface area contributed by atoms with Gasteiger partial charge in [-0.2, -0.15) is 0 Å². The Bertz CT molecular complexity index is 580. The fourth-order valence-corrected chi connectivity index (χ4v) is 2.47. The smallest absolute Gasteiger partial charge is 0.142 e. The molecule has 1 aromatic carbocycles. The maximum Gasteiger partial charge on any atom is 0.142 e. The number of nitrogens with zero attached hydrogens (tertiary/aromatic N) is 1. The van der Waals surface area contributed by atoms with Crippen LogP contribution in [0.4, 0.5) is 0 Å². The van der Waals surface area contributed by atoms with Crippen molar-refractivity contribution in [2.45, 2.75) is 6.04 Å². The van der Waals surface area contributed by atoms with Gasteiger partial charge >= 0.3 is 0 Å². The lowest BCUT2D eigenvalue weighted by Crippen LogP contribution is -2.30. The monoisotopic (exact) mass is 341 g/mol. The quantitative estimate of drug-likeness (QED) is 0.662. The molecule has 0 spiro atoms. The minimum atomic E-state index is -0.346. The molecule has 0 saturated carbocycles. The van der Waals surface area contributed by atoms with Gasteiger partial charge in [0.25, 0.3) is 0 Å². The summed E-state index contributed by atoms with van der Waals surface area (Å²) in [5.74, 6) is 6.31. The van der Waals surface area contributed by atoms with Crippen LogP contribution in [0.25, 0.3) is 0 Å². The molecule has 0 aliphatic carbocycles. The van der Waals surface area contributed by atoms with Gasteiger partial charge in [0, 0.05) is 10.7 Å². The van der Waals surface area contributed by atoms with Gasteiger partial charge in [-0.1, -0.05) is 23.7 Å². The van der Waals surface area contributed by atoms with E-state index in [-0.39, 0.29) is 6.04 Å². The van der Waals surface area contributed by atoms with Gasteiger partial charge in [0.2, 0.25) is 0 Å². The molecule has 4 nitrogen and oxygen atoms in total. The summed E-state index contributed by atoms with van der Waals surface area (Å²) in [6.07, 6.45) is 1.69. The molecule has 0 saturated heterocycles. The van der Waals surface area contributed by atoms with E-state index in [1.165, 1.54) is 0 Å². The molecule has 0 radical (unpaired) electrons. The molecule has 6 heteroatoms. The molecule has 0 fully saturated rings. The number of hydrogen-bond acceptors (Lipinski definition) is 4. The van der Waals surface area contributed by atoms with Crippen molar-refractivity contribution in [1.29, 1.82) is 0 Å². The minimum absolute atomic E-state index is 0.346. The maximum atomic E-state index is 6.30. The molecular weight excluding hydrogens is 330 g/mol. The van der Waals surface area contributed by atoms with E-state index < -0.39 is 0 Å². The fraction of sp³-hybridized carbons (Fsp3) is 0.154. The van der Waals surface area contributed by atoms with Crippen molar-refractivity contribution in [2.24, 2.45) is 5.84 Å². The van der Waals surface area contributed by atoms with Crippen molar-refractivity contribution in [2.75, 3.05) is 7.11 Å². The van der Waals surface area contributed by atoms with Crippen molar-refractivity contribution >= 4 is 27.5 Å². The lowest BCUT2D eigenvalue weighted by atomic mass is 10.0. The van der Waals surface area contributed by atoms with Gasteiger partial charge in [-0.3, -0.25) is 10.8 Å². The van der Waals surface area contributed by atoms with Gasteiger partial charge in [-0.05, 0) is 39.7 Å². The number of hydrazine groups is 1. The molecule has 19 heavy (non-hydrogen) atoms. The number of rotatable bonds is 4. The summed E-state index contributed by atoms with van der Waals surface area (Å²) < 4.78 is 6.11. The van der Waals surface area contributed by atoms with Crippen molar-refractivity contribution in [3.8, 4) is 5.75 Å². The SMILES string of the molecule is COc1cccnc1C(NN)c1cccc(Br)c1Cl. The van der Waals surface area contributed by atoms with Gasteiger partial charge in [0.15, 0.2) is 0 Å². The van der Waals surface area contributed by atoms with E-state index in [4.69, 9.17) is 22.2 Å². The highest BCUT2D eigenvalue weighted by atomic mass is 79.9. The minimum Gasteiger partial charge on any atom is -0.495 e. The molecule has 2 rings (SSSR count). The summed E-state index contributed by atoms with van der Waals surface area (Å²) in [7, 11) is 1.59. The molecule has 0 bridgehead atoms. The van der Waals surface area contributed by atoms with E-state index >= 15 is 0 Å². The predicted molar refractivity (Wildman–Crippen MR) is 79.1 cm³/mol. The molecule has 1 atom stereocenters. The van der Waals surface area contributed by atoms with Crippen LogP contribution in [0.3, 0.4) is 0 Å². The van der Waals surface area contributed by atoms with Crippen molar-refractivity contribution in [3.05, 3.63) is 57.3 Å². The standard InChI is InChI=1S/C13H13BrClN3O/c1-19-10-6-3-7-17-13(10)12(18-16)8-4-2-5-9(14)11(8)15/h2-7,12,18H,16H2,1H3. The van der Waals surface area contributed by atoms with Crippen LogP contribution >= 0.6 is 27.5 Å². The lowest BCUT2D eigenvalue weighted by molar-refractivity contribution is 0.400. The zero-order valence-corrected chi connectivity index (χ0v) is 12.6. The Hall–Kier alpha value is -1.14. The Morgan fingerprint density at radius 2 is 2.16 bits per heavy atom. The molecule has 1 unspecified atom stereocenters. The fourth-order valence-electron chi connectivity index (χ4n) is 1.85. The van der Waals surface area contributed by atoms with Crippen LogP contribution in [0.15, 0.2) is 41.0 Å². The first kappa shape index (κ1) is 14.3. The molecule has 1 heterocycles. The molecule has 0 aliphatic heterocycles. The van der Waals surface area contributed by atoms with Gasteiger partial charge < -0.3 is 4.74 Å². The van der Waals surface area contributed by atoms with E-state index in [1.54, 1.807) is 19.4 Å². The third-order valence-electron chi connectivity index (χ3n) is 2.75. The first-order valence-corrected chi connectivity index (χ1v) is 6.75. The van der Waals surface area contributed by atoms with Crippen LogP contribution in [-0.2, 0) is 0 Å². The van der Waals surface area contributed by atoms with Crippen LogP contribution < -0.4 is 16.0 Å². The Morgan fingerprint density at radius 1 is 1.37 bits per heavy atom.